The first-order chi connectivity index (χ1) is 29.8. The van der Waals surface area contributed by atoms with E-state index in [1.54, 1.807) is 0 Å². The third-order valence-electron chi connectivity index (χ3n) is 13.3. The van der Waals surface area contributed by atoms with Gasteiger partial charge in [0.05, 0.1) is 61.3 Å². The van der Waals surface area contributed by atoms with Crippen LogP contribution in [0.25, 0.3) is 44.7 Å². The lowest BCUT2D eigenvalue weighted by molar-refractivity contribution is -0.139. The summed E-state index contributed by atoms with van der Waals surface area (Å²) in [5.41, 5.74) is 6.64. The molecule has 0 radical (unpaired) electrons. The molecule has 7 unspecified atom stereocenters. The number of H-pyrrole nitrogens is 2. The first-order valence-electron chi connectivity index (χ1n) is 21.7. The summed E-state index contributed by atoms with van der Waals surface area (Å²) in [4.78, 5) is 72.4. The first kappa shape index (κ1) is 41.1. The monoisotopic (exact) mass is 845 g/mol. The molecule has 2 saturated heterocycles. The van der Waals surface area contributed by atoms with Crippen LogP contribution in [0.3, 0.4) is 0 Å². The number of benzene rings is 2. The van der Waals surface area contributed by atoms with E-state index in [9.17, 15) is 19.2 Å². The number of aromatic nitrogens is 5. The molecule has 4 amide bonds. The molecule has 3 aromatic heterocycles. The molecule has 4 N–H and O–H groups in total. The van der Waals surface area contributed by atoms with E-state index in [0.29, 0.717) is 12.4 Å². The number of rotatable bonds is 10. The Morgan fingerprint density at radius 2 is 1.45 bits per heavy atom. The number of nitrogens with zero attached hydrogens (tertiary/aromatic N) is 5. The number of hydrogen-bond donors (Lipinski definition) is 4. The largest absolute Gasteiger partial charge is 0.470 e. The highest BCUT2D eigenvalue weighted by molar-refractivity contribution is 5.92. The molecule has 3 aliphatic heterocycles. The minimum Gasteiger partial charge on any atom is -0.470 e. The molecule has 9 rings (SSSR count). The van der Waals surface area contributed by atoms with Crippen molar-refractivity contribution in [2.45, 2.75) is 103 Å². The summed E-state index contributed by atoms with van der Waals surface area (Å²) >= 11 is 0. The zero-order chi connectivity index (χ0) is 43.6. The maximum absolute atomic E-state index is 14.1. The van der Waals surface area contributed by atoms with Gasteiger partial charge in [0.2, 0.25) is 11.8 Å². The standard InChI is InChI=1S/C46H55N9O7/c1-23(2)38(51-45(58)60-6)43(56)53-16-8-9-35(53)41-47-21-32(49-41)26-12-15-34-29(17-26)19-36-31-14-11-27(20-37(31)62-25(5)54(34)36)33-22-48-42(50-33)40-28-10-13-30(18-28)55(40)44(57)39(24(3)4)52-46(59)61-7/h11-12,14-15,17,19-25,28,30,35,38-40H,8-10,13,16,18H2,1-7H3,(H,47,49)(H,48,50)(H,51,58)(H,52,59). The van der Waals surface area contributed by atoms with Crippen LogP contribution < -0.4 is 15.4 Å². The number of likely N-dealkylation sites (tertiary alicyclic amines) is 2. The molecule has 2 aromatic carbocycles. The van der Waals surface area contributed by atoms with Crippen molar-refractivity contribution >= 4 is 34.9 Å². The Kier molecular flexibility index (Phi) is 10.7. The Morgan fingerprint density at radius 3 is 2.15 bits per heavy atom. The number of piperidine rings is 1. The molecule has 7 atom stereocenters. The van der Waals surface area contributed by atoms with E-state index in [-0.39, 0.29) is 53.9 Å². The molecule has 6 heterocycles. The van der Waals surface area contributed by atoms with Crippen LogP contribution in [0.1, 0.15) is 96.7 Å². The molecular formula is C46H55N9O7. The fraction of sp³-hybridized carbons (Fsp3) is 0.478. The second kappa shape index (κ2) is 16.2. The molecule has 4 aliphatic rings. The molecular weight excluding hydrogens is 791 g/mol. The van der Waals surface area contributed by atoms with E-state index >= 15 is 0 Å². The number of ether oxygens (including phenoxy) is 3. The Balaban J connectivity index is 0.950. The molecule has 62 heavy (non-hydrogen) atoms. The van der Waals surface area contributed by atoms with Gasteiger partial charge in [0.1, 0.15) is 29.5 Å². The molecule has 1 aliphatic carbocycles. The topological polar surface area (TPSA) is 189 Å². The van der Waals surface area contributed by atoms with Crippen LogP contribution in [0.4, 0.5) is 9.59 Å². The van der Waals surface area contributed by atoms with Crippen molar-refractivity contribution in [1.29, 1.82) is 0 Å². The number of carbonyl (C=O) groups is 4. The fourth-order valence-electron chi connectivity index (χ4n) is 10.2. The Bertz CT molecular complexity index is 2540. The average molecular weight is 846 g/mol. The minimum atomic E-state index is -0.702. The molecule has 1 saturated carbocycles. The van der Waals surface area contributed by atoms with Gasteiger partial charge in [0, 0.05) is 34.7 Å². The second-order valence-electron chi connectivity index (χ2n) is 17.8. The molecule has 326 valence electrons. The van der Waals surface area contributed by atoms with Gasteiger partial charge in [-0.25, -0.2) is 19.6 Å². The molecule has 16 heteroatoms. The molecule has 2 bridgehead atoms. The number of carbonyl (C=O) groups excluding carboxylic acids is 4. The summed E-state index contributed by atoms with van der Waals surface area (Å²) in [7, 11) is 2.60. The third-order valence-corrected chi connectivity index (χ3v) is 13.3. The van der Waals surface area contributed by atoms with Crippen molar-refractivity contribution in [3.63, 3.8) is 0 Å². The van der Waals surface area contributed by atoms with Crippen molar-refractivity contribution in [3.8, 4) is 39.5 Å². The Morgan fingerprint density at radius 1 is 0.806 bits per heavy atom. The van der Waals surface area contributed by atoms with Crippen molar-refractivity contribution in [2.24, 2.45) is 17.8 Å². The predicted molar refractivity (Wildman–Crippen MR) is 231 cm³/mol. The van der Waals surface area contributed by atoms with E-state index in [4.69, 9.17) is 24.2 Å². The van der Waals surface area contributed by atoms with Crippen LogP contribution in [-0.4, -0.2) is 97.2 Å². The summed E-state index contributed by atoms with van der Waals surface area (Å²) < 4.78 is 18.4. The van der Waals surface area contributed by atoms with Crippen molar-refractivity contribution in [1.82, 2.24) is 44.9 Å². The first-order valence-corrected chi connectivity index (χ1v) is 21.7. The summed E-state index contributed by atoms with van der Waals surface area (Å²) in [5, 5.41) is 6.53. The van der Waals surface area contributed by atoms with E-state index < -0.39 is 24.3 Å². The summed E-state index contributed by atoms with van der Waals surface area (Å²) in [6, 6.07) is 13.0. The summed E-state index contributed by atoms with van der Waals surface area (Å²) in [5.74, 6) is 2.03. The summed E-state index contributed by atoms with van der Waals surface area (Å²) in [6.45, 7) is 10.3. The number of imidazole rings is 2. The second-order valence-corrected chi connectivity index (χ2v) is 17.8. The number of hydrogen-bond acceptors (Lipinski definition) is 9. The molecule has 16 nitrogen and oxygen atoms in total. The number of aromatic amines is 2. The van der Waals surface area contributed by atoms with Gasteiger partial charge in [0.15, 0.2) is 6.23 Å². The van der Waals surface area contributed by atoms with Crippen LogP contribution in [0.2, 0.25) is 0 Å². The normalized spacial score (nSPS) is 22.4. The lowest BCUT2D eigenvalue weighted by Gasteiger charge is -2.37. The average Bonchev–Trinajstić information content (AvgIpc) is 4.12. The van der Waals surface area contributed by atoms with Crippen molar-refractivity contribution in [3.05, 3.63) is 66.5 Å². The number of fused-ring (bicyclic) bond motifs is 7. The maximum atomic E-state index is 14.1. The SMILES string of the molecule is COC(=O)NC(C(=O)N1CCCC1c1ncc(-c2ccc3c(c2)cc2n3C(C)Oc3cc(-c4cnc(C5C6CCC(C6)N5C(=O)C(NC(=O)OC)C(C)C)[nH]4)ccc3-2)[nH]1)C(C)C. The number of nitrogens with one attached hydrogen (secondary N) is 4. The van der Waals surface area contributed by atoms with E-state index in [1.165, 1.54) is 14.2 Å². The lowest BCUT2D eigenvalue weighted by Crippen LogP contribution is -2.54. The van der Waals surface area contributed by atoms with Crippen LogP contribution in [0.15, 0.2) is 54.9 Å². The van der Waals surface area contributed by atoms with Crippen LogP contribution in [0.5, 0.6) is 5.75 Å². The Hall–Kier alpha value is -6.32. The number of amides is 4. The van der Waals surface area contributed by atoms with Crippen molar-refractivity contribution < 1.29 is 33.4 Å². The van der Waals surface area contributed by atoms with Gasteiger partial charge >= 0.3 is 12.2 Å². The van der Waals surface area contributed by atoms with E-state index in [1.807, 2.05) is 62.9 Å². The van der Waals surface area contributed by atoms with Crippen LogP contribution >= 0.6 is 0 Å². The van der Waals surface area contributed by atoms with Gasteiger partial charge in [-0.05, 0) is 87.1 Å². The number of methoxy groups -OCH3 is 2. The number of alkyl carbamates (subject to hydrolysis) is 2. The molecule has 5 aromatic rings. The van der Waals surface area contributed by atoms with Crippen LogP contribution in [0, 0.1) is 17.8 Å². The van der Waals surface area contributed by atoms with Gasteiger partial charge in [-0.3, -0.25) is 9.59 Å². The predicted octanol–water partition coefficient (Wildman–Crippen LogP) is 7.48. The fourth-order valence-corrected chi connectivity index (χ4v) is 10.2. The van der Waals surface area contributed by atoms with Crippen molar-refractivity contribution in [2.75, 3.05) is 20.8 Å². The van der Waals surface area contributed by atoms with Gasteiger partial charge in [-0.2, -0.15) is 0 Å². The highest BCUT2D eigenvalue weighted by Gasteiger charge is 2.51. The van der Waals surface area contributed by atoms with Gasteiger partial charge in [-0.15, -0.1) is 0 Å². The lowest BCUT2D eigenvalue weighted by atomic mass is 9.95. The summed E-state index contributed by atoms with van der Waals surface area (Å²) in [6.07, 6.45) is 6.61. The Labute approximate surface area is 360 Å². The minimum absolute atomic E-state index is 0.104. The molecule has 0 spiro atoms. The smallest absolute Gasteiger partial charge is 0.407 e. The van der Waals surface area contributed by atoms with Crippen LogP contribution in [-0.2, 0) is 19.1 Å². The van der Waals surface area contributed by atoms with Gasteiger partial charge in [0.25, 0.3) is 0 Å². The zero-order valence-corrected chi connectivity index (χ0v) is 36.2. The van der Waals surface area contributed by atoms with Gasteiger partial charge in [-0.1, -0.05) is 39.8 Å². The van der Waals surface area contributed by atoms with E-state index in [2.05, 4.69) is 61.6 Å². The highest BCUT2D eigenvalue weighted by atomic mass is 16.5. The third kappa shape index (κ3) is 7.12. The van der Waals surface area contributed by atoms with E-state index in [0.717, 1.165) is 88.4 Å². The van der Waals surface area contributed by atoms with Gasteiger partial charge < -0.3 is 49.2 Å². The maximum Gasteiger partial charge on any atom is 0.407 e. The zero-order valence-electron chi connectivity index (χ0n) is 36.2. The highest BCUT2D eigenvalue weighted by Crippen LogP contribution is 2.51. The molecule has 3 fully saturated rings. The quantitative estimate of drug-likeness (QED) is 0.111.